The molecule has 3 aromatic rings. The van der Waals surface area contributed by atoms with Gasteiger partial charge in [0.15, 0.2) is 0 Å². The Labute approximate surface area is 198 Å². The van der Waals surface area contributed by atoms with Crippen molar-refractivity contribution in [2.45, 2.75) is 26.7 Å². The van der Waals surface area contributed by atoms with Gasteiger partial charge in [0, 0.05) is 31.9 Å². The Bertz CT molecular complexity index is 1170. The van der Waals surface area contributed by atoms with Crippen molar-refractivity contribution in [2.24, 2.45) is 0 Å². The third-order valence-electron chi connectivity index (χ3n) is 5.90. The molecule has 178 valence electrons. The zero-order chi connectivity index (χ0) is 24.2. The maximum absolute atomic E-state index is 13.1. The lowest BCUT2D eigenvalue weighted by Crippen LogP contribution is -2.50. The number of halogens is 1. The quantitative estimate of drug-likeness (QED) is 0.606. The van der Waals surface area contributed by atoms with Crippen molar-refractivity contribution in [2.75, 3.05) is 38.0 Å². The standard InChI is InChI=1S/C25H29FN6O2/c1-17(2)21-6-4-5-7-22(21)32-18(3)27-24(29-32)25(34)31-14-12-30(13-15-31)16-23(33)28-20-10-8-19(26)9-11-20/h4-11,17H,12-16H2,1-3H3,(H,28,33). The van der Waals surface area contributed by atoms with Gasteiger partial charge in [0.25, 0.3) is 5.91 Å². The second-order valence-corrected chi connectivity index (χ2v) is 8.73. The molecule has 1 fully saturated rings. The van der Waals surface area contributed by atoms with Crippen LogP contribution in [0.4, 0.5) is 10.1 Å². The summed E-state index contributed by atoms with van der Waals surface area (Å²) < 4.78 is 14.8. The van der Waals surface area contributed by atoms with Gasteiger partial charge in [-0.1, -0.05) is 32.0 Å². The first-order valence-electron chi connectivity index (χ1n) is 11.4. The lowest BCUT2D eigenvalue weighted by Gasteiger charge is -2.33. The molecule has 4 rings (SSSR count). The lowest BCUT2D eigenvalue weighted by atomic mass is 10.0. The molecular weight excluding hydrogens is 435 g/mol. The van der Waals surface area contributed by atoms with Crippen LogP contribution in [0.15, 0.2) is 48.5 Å². The van der Waals surface area contributed by atoms with Crippen LogP contribution in [0, 0.1) is 12.7 Å². The van der Waals surface area contributed by atoms with Gasteiger partial charge in [-0.15, -0.1) is 5.10 Å². The Morgan fingerprint density at radius 2 is 1.71 bits per heavy atom. The molecule has 2 aromatic carbocycles. The maximum atomic E-state index is 13.1. The van der Waals surface area contributed by atoms with Gasteiger partial charge in [-0.25, -0.2) is 14.1 Å². The number of rotatable bonds is 6. The predicted octanol–water partition coefficient (Wildman–Crippen LogP) is 3.23. The number of nitrogens with zero attached hydrogens (tertiary/aromatic N) is 5. The third-order valence-corrected chi connectivity index (χ3v) is 5.90. The number of amides is 2. The van der Waals surface area contributed by atoms with Crippen LogP contribution in [0.5, 0.6) is 0 Å². The molecule has 2 heterocycles. The van der Waals surface area contributed by atoms with E-state index in [4.69, 9.17) is 0 Å². The minimum Gasteiger partial charge on any atom is -0.333 e. The fraction of sp³-hybridized carbons (Fsp3) is 0.360. The molecule has 0 bridgehead atoms. The number of anilines is 1. The minimum atomic E-state index is -0.350. The summed E-state index contributed by atoms with van der Waals surface area (Å²) in [5, 5.41) is 7.29. The molecule has 0 unspecified atom stereocenters. The van der Waals surface area contributed by atoms with E-state index in [0.717, 1.165) is 11.3 Å². The number of piperazine rings is 1. The summed E-state index contributed by atoms with van der Waals surface area (Å²) in [6.45, 7) is 8.40. The Kier molecular flexibility index (Phi) is 7.02. The van der Waals surface area contributed by atoms with E-state index in [2.05, 4.69) is 35.3 Å². The third kappa shape index (κ3) is 5.31. The molecule has 1 saturated heterocycles. The molecule has 1 aromatic heterocycles. The number of benzene rings is 2. The van der Waals surface area contributed by atoms with E-state index in [-0.39, 0.29) is 30.0 Å². The van der Waals surface area contributed by atoms with Crippen LogP contribution >= 0.6 is 0 Å². The Morgan fingerprint density at radius 1 is 1.03 bits per heavy atom. The van der Waals surface area contributed by atoms with Gasteiger partial charge in [0.2, 0.25) is 11.7 Å². The van der Waals surface area contributed by atoms with Crippen molar-refractivity contribution in [3.63, 3.8) is 0 Å². The van der Waals surface area contributed by atoms with E-state index < -0.39 is 0 Å². The van der Waals surface area contributed by atoms with E-state index in [1.807, 2.05) is 30.0 Å². The van der Waals surface area contributed by atoms with Crippen molar-refractivity contribution < 1.29 is 14.0 Å². The predicted molar refractivity (Wildman–Crippen MR) is 128 cm³/mol. The molecule has 0 saturated carbocycles. The van der Waals surface area contributed by atoms with Gasteiger partial charge >= 0.3 is 0 Å². The Balaban J connectivity index is 1.35. The fourth-order valence-electron chi connectivity index (χ4n) is 4.06. The van der Waals surface area contributed by atoms with Crippen LogP contribution in [-0.4, -0.2) is 69.1 Å². The van der Waals surface area contributed by atoms with E-state index >= 15 is 0 Å². The van der Waals surface area contributed by atoms with Crippen LogP contribution < -0.4 is 5.32 Å². The number of hydrogen-bond donors (Lipinski definition) is 1. The fourth-order valence-corrected chi connectivity index (χ4v) is 4.06. The van der Waals surface area contributed by atoms with Gasteiger partial charge in [-0.05, 0) is 48.7 Å². The van der Waals surface area contributed by atoms with Gasteiger partial charge in [0.1, 0.15) is 11.6 Å². The zero-order valence-corrected chi connectivity index (χ0v) is 19.7. The molecule has 1 aliphatic rings. The van der Waals surface area contributed by atoms with Crippen molar-refractivity contribution in [3.8, 4) is 5.69 Å². The summed E-state index contributed by atoms with van der Waals surface area (Å²) in [6.07, 6.45) is 0. The van der Waals surface area contributed by atoms with Crippen LogP contribution in [-0.2, 0) is 4.79 Å². The second kappa shape index (κ2) is 10.1. The maximum Gasteiger partial charge on any atom is 0.293 e. The first-order valence-corrected chi connectivity index (χ1v) is 11.4. The largest absolute Gasteiger partial charge is 0.333 e. The molecule has 9 heteroatoms. The lowest BCUT2D eigenvalue weighted by molar-refractivity contribution is -0.117. The molecular formula is C25H29FN6O2. The number of para-hydroxylation sites is 1. The summed E-state index contributed by atoms with van der Waals surface area (Å²) in [5.41, 5.74) is 2.62. The molecule has 0 atom stereocenters. The van der Waals surface area contributed by atoms with Crippen LogP contribution in [0.1, 0.15) is 41.8 Å². The monoisotopic (exact) mass is 464 g/mol. The molecule has 8 nitrogen and oxygen atoms in total. The minimum absolute atomic E-state index is 0.175. The average Bonchev–Trinajstić information content (AvgIpc) is 3.22. The van der Waals surface area contributed by atoms with E-state index in [0.29, 0.717) is 43.6 Å². The van der Waals surface area contributed by atoms with Gasteiger partial charge in [-0.3, -0.25) is 14.5 Å². The van der Waals surface area contributed by atoms with E-state index in [9.17, 15) is 14.0 Å². The number of carbonyl (C=O) groups excluding carboxylic acids is 2. The van der Waals surface area contributed by atoms with Crippen LogP contribution in [0.3, 0.4) is 0 Å². The van der Waals surface area contributed by atoms with Gasteiger partial charge in [-0.2, -0.15) is 0 Å². The van der Waals surface area contributed by atoms with E-state index in [1.54, 1.807) is 9.58 Å². The summed E-state index contributed by atoms with van der Waals surface area (Å²) in [5.74, 6) is 0.418. The van der Waals surface area contributed by atoms with Crippen LogP contribution in [0.25, 0.3) is 5.69 Å². The van der Waals surface area contributed by atoms with Gasteiger partial charge in [0.05, 0.1) is 12.2 Å². The summed E-state index contributed by atoms with van der Waals surface area (Å²) in [7, 11) is 0. The molecule has 0 spiro atoms. The first kappa shape index (κ1) is 23.6. The molecule has 1 aliphatic heterocycles. The topological polar surface area (TPSA) is 83.4 Å². The number of aryl methyl sites for hydroxylation is 1. The van der Waals surface area contributed by atoms with Crippen molar-refractivity contribution in [1.82, 2.24) is 24.6 Å². The normalized spacial score (nSPS) is 14.4. The highest BCUT2D eigenvalue weighted by Crippen LogP contribution is 2.23. The van der Waals surface area contributed by atoms with Crippen LogP contribution in [0.2, 0.25) is 0 Å². The first-order chi connectivity index (χ1) is 16.3. The highest BCUT2D eigenvalue weighted by atomic mass is 19.1. The van der Waals surface area contributed by atoms with Crippen molar-refractivity contribution in [3.05, 3.63) is 71.6 Å². The smallest absolute Gasteiger partial charge is 0.293 e. The summed E-state index contributed by atoms with van der Waals surface area (Å²) in [6, 6.07) is 13.7. The number of hydrogen-bond acceptors (Lipinski definition) is 5. The van der Waals surface area contributed by atoms with Crippen molar-refractivity contribution >= 4 is 17.5 Å². The Morgan fingerprint density at radius 3 is 2.38 bits per heavy atom. The van der Waals surface area contributed by atoms with Crippen molar-refractivity contribution in [1.29, 1.82) is 0 Å². The SMILES string of the molecule is Cc1nc(C(=O)N2CCN(CC(=O)Nc3ccc(F)cc3)CC2)nn1-c1ccccc1C(C)C. The summed E-state index contributed by atoms with van der Waals surface area (Å²) >= 11 is 0. The molecule has 1 N–H and O–H groups in total. The average molecular weight is 465 g/mol. The Hall–Kier alpha value is -3.59. The second-order valence-electron chi connectivity index (χ2n) is 8.73. The zero-order valence-electron chi connectivity index (χ0n) is 19.7. The molecule has 0 aliphatic carbocycles. The molecule has 34 heavy (non-hydrogen) atoms. The number of nitrogens with one attached hydrogen (secondary N) is 1. The highest BCUT2D eigenvalue weighted by molar-refractivity contribution is 5.92. The molecule has 0 radical (unpaired) electrons. The summed E-state index contributed by atoms with van der Waals surface area (Å²) in [4.78, 5) is 33.5. The highest BCUT2D eigenvalue weighted by Gasteiger charge is 2.27. The van der Waals surface area contributed by atoms with E-state index in [1.165, 1.54) is 24.3 Å². The molecule has 2 amide bonds. The van der Waals surface area contributed by atoms with Gasteiger partial charge < -0.3 is 10.2 Å². The number of carbonyl (C=O) groups is 2. The number of aromatic nitrogens is 3.